The molecule has 2 nitrogen and oxygen atoms in total. The third-order valence-corrected chi connectivity index (χ3v) is 5.00. The van der Waals surface area contributed by atoms with Gasteiger partial charge in [0.1, 0.15) is 5.92 Å². The summed E-state index contributed by atoms with van der Waals surface area (Å²) in [6, 6.07) is 9.72. The fraction of sp³-hybridized carbons (Fsp3) is 0.467. The Morgan fingerprint density at radius 1 is 1.28 bits per heavy atom. The molecule has 0 N–H and O–H groups in total. The number of halogens is 1. The average molecular weight is 304 g/mol. The Hall–Kier alpha value is -1.14. The van der Waals surface area contributed by atoms with Gasteiger partial charge in [0.15, 0.2) is 5.78 Å². The molecule has 1 aromatic rings. The summed E-state index contributed by atoms with van der Waals surface area (Å²) in [7, 11) is 0. The molecular weight excluding hydrogens is 290 g/mol. The number of hydrogen-bond acceptors (Lipinski definition) is 2. The molecule has 2 aliphatic rings. The van der Waals surface area contributed by atoms with Gasteiger partial charge in [0.25, 0.3) is 0 Å². The summed E-state index contributed by atoms with van der Waals surface area (Å²) in [4.78, 5) is 12.5. The molecule has 3 unspecified atom stereocenters. The van der Waals surface area contributed by atoms with E-state index in [-0.39, 0.29) is 11.7 Å². The van der Waals surface area contributed by atoms with Gasteiger partial charge in [-0.3, -0.25) is 4.79 Å². The number of fused-ring (bicyclic) bond motifs is 1. The van der Waals surface area contributed by atoms with Crippen molar-refractivity contribution >= 4 is 21.7 Å². The molecule has 0 amide bonds. The Labute approximate surface area is 115 Å². The zero-order valence-corrected chi connectivity index (χ0v) is 11.6. The minimum Gasteiger partial charge on any atom is -0.298 e. The molecular formula is C15H14BrNO. The van der Waals surface area contributed by atoms with Gasteiger partial charge < -0.3 is 0 Å². The summed E-state index contributed by atoms with van der Waals surface area (Å²) in [6.45, 7) is 0. The van der Waals surface area contributed by atoms with Gasteiger partial charge in [-0.05, 0) is 42.7 Å². The minimum atomic E-state index is -0.608. The monoisotopic (exact) mass is 303 g/mol. The van der Waals surface area contributed by atoms with Crippen LogP contribution in [-0.2, 0) is 4.79 Å². The smallest absolute Gasteiger partial charge is 0.157 e. The van der Waals surface area contributed by atoms with Gasteiger partial charge in [0.05, 0.1) is 6.07 Å². The van der Waals surface area contributed by atoms with Crippen molar-refractivity contribution < 1.29 is 4.79 Å². The molecule has 3 atom stereocenters. The van der Waals surface area contributed by atoms with Crippen LogP contribution in [0.25, 0.3) is 0 Å². The highest BCUT2D eigenvalue weighted by Crippen LogP contribution is 2.55. The third-order valence-electron chi connectivity index (χ3n) is 4.28. The summed E-state index contributed by atoms with van der Waals surface area (Å²) >= 11 is 3.43. The second-order valence-corrected chi connectivity index (χ2v) is 6.26. The summed E-state index contributed by atoms with van der Waals surface area (Å²) in [5.74, 6) is 1.18. The van der Waals surface area contributed by atoms with E-state index in [1.807, 2.05) is 24.3 Å². The molecule has 2 fully saturated rings. The highest BCUT2D eigenvalue weighted by molar-refractivity contribution is 9.10. The van der Waals surface area contributed by atoms with Crippen LogP contribution in [0.3, 0.4) is 0 Å². The number of Topliss-reactive ketones (excluding diaryl/α,β-unsaturated/α-hetero) is 1. The standard InChI is InChI=1S/C15H14BrNO/c16-14-4-2-1-3-12(14)13(8-17)15(18)11-6-9-5-10(9)7-11/h1-4,9-11,13H,5-7H2. The van der Waals surface area contributed by atoms with Crippen LogP contribution in [0.4, 0.5) is 0 Å². The zero-order valence-electron chi connectivity index (χ0n) is 9.97. The first-order valence-electron chi connectivity index (χ1n) is 6.38. The summed E-state index contributed by atoms with van der Waals surface area (Å²) in [6.07, 6.45) is 3.31. The fourth-order valence-corrected chi connectivity index (χ4v) is 3.69. The Morgan fingerprint density at radius 3 is 2.56 bits per heavy atom. The quantitative estimate of drug-likeness (QED) is 0.855. The highest BCUT2D eigenvalue weighted by atomic mass is 79.9. The lowest BCUT2D eigenvalue weighted by atomic mass is 9.86. The largest absolute Gasteiger partial charge is 0.298 e. The number of rotatable bonds is 3. The van der Waals surface area contributed by atoms with Crippen LogP contribution < -0.4 is 0 Å². The average Bonchev–Trinajstić information content (AvgIpc) is 2.99. The number of carbonyl (C=O) groups excluding carboxylic acids is 1. The van der Waals surface area contributed by atoms with Gasteiger partial charge in [0, 0.05) is 10.4 Å². The lowest BCUT2D eigenvalue weighted by Crippen LogP contribution is -2.20. The van der Waals surface area contributed by atoms with Crippen molar-refractivity contribution in [2.24, 2.45) is 17.8 Å². The van der Waals surface area contributed by atoms with Crippen molar-refractivity contribution in [1.82, 2.24) is 0 Å². The van der Waals surface area contributed by atoms with E-state index in [1.54, 1.807) is 0 Å². The molecule has 0 spiro atoms. The Balaban J connectivity index is 1.82. The van der Waals surface area contributed by atoms with Crippen LogP contribution >= 0.6 is 15.9 Å². The molecule has 3 heteroatoms. The number of nitriles is 1. The van der Waals surface area contributed by atoms with E-state index in [9.17, 15) is 10.1 Å². The van der Waals surface area contributed by atoms with E-state index in [1.165, 1.54) is 6.42 Å². The summed E-state index contributed by atoms with van der Waals surface area (Å²) in [5, 5.41) is 9.32. The maximum Gasteiger partial charge on any atom is 0.157 e. The van der Waals surface area contributed by atoms with E-state index in [0.29, 0.717) is 0 Å². The third kappa shape index (κ3) is 1.99. The fourth-order valence-electron chi connectivity index (χ4n) is 3.18. The lowest BCUT2D eigenvalue weighted by Gasteiger charge is -2.16. The number of nitrogens with zero attached hydrogens (tertiary/aromatic N) is 1. The second-order valence-electron chi connectivity index (χ2n) is 5.41. The van der Waals surface area contributed by atoms with E-state index in [2.05, 4.69) is 22.0 Å². The highest BCUT2D eigenvalue weighted by Gasteiger charge is 2.49. The van der Waals surface area contributed by atoms with Crippen molar-refractivity contribution in [1.29, 1.82) is 5.26 Å². The predicted octanol–water partition coefficient (Wildman–Crippen LogP) is 3.67. The van der Waals surface area contributed by atoms with Crippen LogP contribution in [0, 0.1) is 29.1 Å². The molecule has 18 heavy (non-hydrogen) atoms. The summed E-state index contributed by atoms with van der Waals surface area (Å²) < 4.78 is 0.855. The predicted molar refractivity (Wildman–Crippen MR) is 71.8 cm³/mol. The number of hydrogen-bond donors (Lipinski definition) is 0. The Kier molecular flexibility index (Phi) is 2.99. The van der Waals surface area contributed by atoms with E-state index >= 15 is 0 Å². The van der Waals surface area contributed by atoms with Gasteiger partial charge in [0.2, 0.25) is 0 Å². The molecule has 0 aromatic heterocycles. The van der Waals surface area contributed by atoms with Crippen molar-refractivity contribution in [2.45, 2.75) is 25.2 Å². The van der Waals surface area contributed by atoms with E-state index < -0.39 is 5.92 Å². The molecule has 0 aliphatic heterocycles. The topological polar surface area (TPSA) is 40.9 Å². The maximum absolute atomic E-state index is 12.5. The van der Waals surface area contributed by atoms with Crippen LogP contribution in [0.2, 0.25) is 0 Å². The maximum atomic E-state index is 12.5. The van der Waals surface area contributed by atoms with Crippen LogP contribution in [-0.4, -0.2) is 5.78 Å². The van der Waals surface area contributed by atoms with E-state index in [4.69, 9.17) is 0 Å². The zero-order chi connectivity index (χ0) is 12.7. The molecule has 0 bridgehead atoms. The van der Waals surface area contributed by atoms with Gasteiger partial charge in [-0.15, -0.1) is 0 Å². The van der Waals surface area contributed by atoms with Crippen molar-refractivity contribution in [3.8, 4) is 6.07 Å². The Bertz CT molecular complexity index is 524. The van der Waals surface area contributed by atoms with Gasteiger partial charge >= 0.3 is 0 Å². The molecule has 3 rings (SSSR count). The van der Waals surface area contributed by atoms with Gasteiger partial charge in [-0.1, -0.05) is 34.1 Å². The molecule has 2 saturated carbocycles. The molecule has 0 heterocycles. The van der Waals surface area contributed by atoms with Crippen LogP contribution in [0.15, 0.2) is 28.7 Å². The molecule has 1 aromatic carbocycles. The van der Waals surface area contributed by atoms with Crippen LogP contribution in [0.5, 0.6) is 0 Å². The summed E-state index contributed by atoms with van der Waals surface area (Å²) in [5.41, 5.74) is 0.811. The lowest BCUT2D eigenvalue weighted by molar-refractivity contribution is -0.123. The number of benzene rings is 1. The first kappa shape index (κ1) is 11.9. The van der Waals surface area contributed by atoms with Gasteiger partial charge in [-0.25, -0.2) is 0 Å². The number of carbonyl (C=O) groups is 1. The normalized spacial score (nSPS) is 30.3. The second kappa shape index (κ2) is 4.51. The molecule has 2 aliphatic carbocycles. The molecule has 0 radical (unpaired) electrons. The molecule has 92 valence electrons. The molecule has 0 saturated heterocycles. The minimum absolute atomic E-state index is 0.116. The van der Waals surface area contributed by atoms with Crippen molar-refractivity contribution in [3.05, 3.63) is 34.3 Å². The van der Waals surface area contributed by atoms with Gasteiger partial charge in [-0.2, -0.15) is 5.26 Å². The van der Waals surface area contributed by atoms with Crippen molar-refractivity contribution in [2.75, 3.05) is 0 Å². The first-order chi connectivity index (χ1) is 8.70. The SMILES string of the molecule is N#CC(C(=O)C1CC2CC2C1)c1ccccc1Br. The van der Waals surface area contributed by atoms with Crippen molar-refractivity contribution in [3.63, 3.8) is 0 Å². The number of ketones is 1. The van der Waals surface area contributed by atoms with E-state index in [0.717, 1.165) is 34.7 Å². The Morgan fingerprint density at radius 2 is 1.94 bits per heavy atom. The first-order valence-corrected chi connectivity index (χ1v) is 7.17. The van der Waals surface area contributed by atoms with Crippen LogP contribution in [0.1, 0.15) is 30.7 Å².